The summed E-state index contributed by atoms with van der Waals surface area (Å²) in [7, 11) is 3.81. The fourth-order valence-electron chi connectivity index (χ4n) is 1.13. The Morgan fingerprint density at radius 1 is 1.38 bits per heavy atom. The Labute approximate surface area is 77.3 Å². The number of anilines is 1. The topological polar surface area (TPSA) is 61.8 Å². The molecule has 0 aromatic heterocycles. The van der Waals surface area contributed by atoms with E-state index in [0.29, 0.717) is 0 Å². The zero-order valence-electron chi connectivity index (χ0n) is 7.73. The predicted molar refractivity (Wildman–Crippen MR) is 53.3 cm³/mol. The summed E-state index contributed by atoms with van der Waals surface area (Å²) in [4.78, 5) is 1.91. The van der Waals surface area contributed by atoms with E-state index in [2.05, 4.69) is 5.16 Å². The predicted octanol–water partition coefficient (Wildman–Crippen LogP) is 0.847. The SMILES string of the molecule is CN(C)c1ccccc1C(N)=NO. The average Bonchev–Trinajstić information content (AvgIpc) is 2.16. The van der Waals surface area contributed by atoms with Gasteiger partial charge in [0.25, 0.3) is 0 Å². The Hall–Kier alpha value is -1.71. The minimum atomic E-state index is 0.129. The van der Waals surface area contributed by atoms with Crippen LogP contribution in [0.1, 0.15) is 5.56 Å². The van der Waals surface area contributed by atoms with Gasteiger partial charge in [0.2, 0.25) is 0 Å². The number of oxime groups is 1. The summed E-state index contributed by atoms with van der Waals surface area (Å²) < 4.78 is 0. The van der Waals surface area contributed by atoms with E-state index in [1.54, 1.807) is 0 Å². The number of amidine groups is 1. The Morgan fingerprint density at radius 2 is 2.00 bits per heavy atom. The molecule has 3 N–H and O–H groups in total. The van der Waals surface area contributed by atoms with Crippen molar-refractivity contribution in [2.45, 2.75) is 0 Å². The molecule has 0 fully saturated rings. The number of hydrogen-bond donors (Lipinski definition) is 2. The molecule has 0 saturated heterocycles. The Kier molecular flexibility index (Phi) is 2.74. The van der Waals surface area contributed by atoms with Gasteiger partial charge in [-0.25, -0.2) is 0 Å². The summed E-state index contributed by atoms with van der Waals surface area (Å²) in [5.74, 6) is 0.129. The van der Waals surface area contributed by atoms with E-state index in [-0.39, 0.29) is 5.84 Å². The van der Waals surface area contributed by atoms with Gasteiger partial charge in [0.05, 0.1) is 0 Å². The minimum Gasteiger partial charge on any atom is -0.409 e. The molecule has 1 aromatic carbocycles. The first-order valence-corrected chi connectivity index (χ1v) is 3.91. The third kappa shape index (κ3) is 1.90. The molecule has 0 heterocycles. The molecule has 0 amide bonds. The van der Waals surface area contributed by atoms with Crippen LogP contribution in [-0.2, 0) is 0 Å². The lowest BCUT2D eigenvalue weighted by Gasteiger charge is -2.15. The van der Waals surface area contributed by atoms with E-state index in [4.69, 9.17) is 10.9 Å². The van der Waals surface area contributed by atoms with Crippen molar-refractivity contribution < 1.29 is 5.21 Å². The van der Waals surface area contributed by atoms with Crippen LogP contribution in [-0.4, -0.2) is 25.1 Å². The van der Waals surface area contributed by atoms with Crippen LogP contribution in [0.3, 0.4) is 0 Å². The molecule has 4 heteroatoms. The van der Waals surface area contributed by atoms with Gasteiger partial charge in [-0.1, -0.05) is 17.3 Å². The highest BCUT2D eigenvalue weighted by molar-refractivity contribution is 6.02. The summed E-state index contributed by atoms with van der Waals surface area (Å²) in [6, 6.07) is 7.47. The Morgan fingerprint density at radius 3 is 2.54 bits per heavy atom. The molecule has 1 aromatic rings. The van der Waals surface area contributed by atoms with Crippen molar-refractivity contribution in [1.29, 1.82) is 0 Å². The van der Waals surface area contributed by atoms with Crippen molar-refractivity contribution in [3.8, 4) is 0 Å². The lowest BCUT2D eigenvalue weighted by atomic mass is 10.1. The van der Waals surface area contributed by atoms with Crippen molar-refractivity contribution in [3.05, 3.63) is 29.8 Å². The van der Waals surface area contributed by atoms with Gasteiger partial charge >= 0.3 is 0 Å². The fraction of sp³-hybridized carbons (Fsp3) is 0.222. The molecule has 0 spiro atoms. The molecule has 1 rings (SSSR count). The maximum atomic E-state index is 8.54. The number of rotatable bonds is 2. The fourth-order valence-corrected chi connectivity index (χ4v) is 1.13. The molecule has 0 aliphatic heterocycles. The minimum absolute atomic E-state index is 0.129. The maximum Gasteiger partial charge on any atom is 0.172 e. The van der Waals surface area contributed by atoms with Crippen molar-refractivity contribution in [2.24, 2.45) is 10.9 Å². The average molecular weight is 179 g/mol. The highest BCUT2D eigenvalue weighted by atomic mass is 16.4. The highest BCUT2D eigenvalue weighted by Gasteiger charge is 2.06. The first-order chi connectivity index (χ1) is 6.16. The zero-order valence-corrected chi connectivity index (χ0v) is 7.73. The summed E-state index contributed by atoms with van der Waals surface area (Å²) >= 11 is 0. The van der Waals surface area contributed by atoms with E-state index in [1.165, 1.54) is 0 Å². The van der Waals surface area contributed by atoms with Crippen LogP contribution in [0, 0.1) is 0 Å². The van der Waals surface area contributed by atoms with Gasteiger partial charge in [-0.3, -0.25) is 0 Å². The standard InChI is InChI=1S/C9H13N3O/c1-12(2)8-6-4-3-5-7(8)9(10)11-13/h3-6,13H,1-2H3,(H2,10,11). The monoisotopic (exact) mass is 179 g/mol. The largest absolute Gasteiger partial charge is 0.409 e. The van der Waals surface area contributed by atoms with Crippen molar-refractivity contribution in [2.75, 3.05) is 19.0 Å². The van der Waals surface area contributed by atoms with Crippen LogP contribution in [0.4, 0.5) is 5.69 Å². The smallest absolute Gasteiger partial charge is 0.172 e. The second-order valence-corrected chi connectivity index (χ2v) is 2.90. The highest BCUT2D eigenvalue weighted by Crippen LogP contribution is 2.16. The number of nitrogens with two attached hydrogens (primary N) is 1. The van der Waals surface area contributed by atoms with E-state index in [1.807, 2.05) is 43.3 Å². The van der Waals surface area contributed by atoms with Crippen LogP contribution in [0.5, 0.6) is 0 Å². The van der Waals surface area contributed by atoms with Gasteiger partial charge in [0.15, 0.2) is 5.84 Å². The molecule has 0 bridgehead atoms. The van der Waals surface area contributed by atoms with Crippen molar-refractivity contribution in [3.63, 3.8) is 0 Å². The molecule has 0 unspecified atom stereocenters. The van der Waals surface area contributed by atoms with Crippen molar-refractivity contribution in [1.82, 2.24) is 0 Å². The zero-order chi connectivity index (χ0) is 9.84. The molecular formula is C9H13N3O. The maximum absolute atomic E-state index is 8.54. The van der Waals surface area contributed by atoms with Gasteiger partial charge in [0.1, 0.15) is 0 Å². The third-order valence-electron chi connectivity index (χ3n) is 1.77. The summed E-state index contributed by atoms with van der Waals surface area (Å²) in [5, 5.41) is 11.5. The van der Waals surface area contributed by atoms with Gasteiger partial charge in [0, 0.05) is 25.3 Å². The number of nitrogens with zero attached hydrogens (tertiary/aromatic N) is 2. The van der Waals surface area contributed by atoms with Crippen LogP contribution >= 0.6 is 0 Å². The van der Waals surface area contributed by atoms with Gasteiger partial charge in [-0.05, 0) is 12.1 Å². The second kappa shape index (κ2) is 3.80. The van der Waals surface area contributed by atoms with Crippen LogP contribution in [0.25, 0.3) is 0 Å². The molecule has 0 aliphatic carbocycles. The third-order valence-corrected chi connectivity index (χ3v) is 1.77. The number of hydrogen-bond acceptors (Lipinski definition) is 3. The summed E-state index contributed by atoms with van der Waals surface area (Å²) in [5.41, 5.74) is 7.17. The molecular weight excluding hydrogens is 166 g/mol. The molecule has 0 radical (unpaired) electrons. The molecule has 13 heavy (non-hydrogen) atoms. The van der Waals surface area contributed by atoms with E-state index in [0.717, 1.165) is 11.3 Å². The molecule has 0 saturated carbocycles. The van der Waals surface area contributed by atoms with Crippen LogP contribution < -0.4 is 10.6 Å². The first-order valence-electron chi connectivity index (χ1n) is 3.91. The first kappa shape index (κ1) is 9.38. The summed E-state index contributed by atoms with van der Waals surface area (Å²) in [6.07, 6.45) is 0. The number of benzene rings is 1. The molecule has 70 valence electrons. The molecule has 0 aliphatic rings. The quantitative estimate of drug-likeness (QED) is 0.306. The van der Waals surface area contributed by atoms with Gasteiger partial charge < -0.3 is 15.8 Å². The Bertz CT molecular complexity index is 320. The molecule has 4 nitrogen and oxygen atoms in total. The Balaban J connectivity index is 3.20. The molecule has 0 atom stereocenters. The van der Waals surface area contributed by atoms with Crippen molar-refractivity contribution >= 4 is 11.5 Å². The lowest BCUT2D eigenvalue weighted by Crippen LogP contribution is -2.19. The normalized spacial score (nSPS) is 11.4. The van der Waals surface area contributed by atoms with Crippen LogP contribution in [0.2, 0.25) is 0 Å². The van der Waals surface area contributed by atoms with Gasteiger partial charge in [-0.2, -0.15) is 0 Å². The second-order valence-electron chi connectivity index (χ2n) is 2.90. The van der Waals surface area contributed by atoms with Crippen LogP contribution in [0.15, 0.2) is 29.4 Å². The van der Waals surface area contributed by atoms with E-state index in [9.17, 15) is 0 Å². The lowest BCUT2D eigenvalue weighted by molar-refractivity contribution is 0.318. The van der Waals surface area contributed by atoms with E-state index < -0.39 is 0 Å². The number of para-hydroxylation sites is 1. The summed E-state index contributed by atoms with van der Waals surface area (Å²) in [6.45, 7) is 0. The van der Waals surface area contributed by atoms with E-state index >= 15 is 0 Å². The van der Waals surface area contributed by atoms with Gasteiger partial charge in [-0.15, -0.1) is 0 Å².